The average Bonchev–Trinajstić information content (AvgIpc) is 3.00. The van der Waals surface area contributed by atoms with Crippen molar-refractivity contribution in [3.05, 3.63) is 29.9 Å². The minimum atomic E-state index is 0.372. The summed E-state index contributed by atoms with van der Waals surface area (Å²) in [5.74, 6) is 1.13. The number of methoxy groups -OCH3 is 1. The van der Waals surface area contributed by atoms with E-state index < -0.39 is 0 Å². The summed E-state index contributed by atoms with van der Waals surface area (Å²) in [6, 6.07) is 3.51. The molecule has 0 unspecified atom stereocenters. The fourth-order valence-corrected chi connectivity index (χ4v) is 2.03. The smallest absolute Gasteiger partial charge is 0.163 e. The first-order valence-corrected chi connectivity index (χ1v) is 6.47. The van der Waals surface area contributed by atoms with Crippen molar-refractivity contribution in [1.82, 2.24) is 30.2 Å². The lowest BCUT2D eigenvalue weighted by molar-refractivity contribution is 0.266. The molecule has 0 spiro atoms. The van der Waals surface area contributed by atoms with Crippen molar-refractivity contribution in [3.63, 3.8) is 0 Å². The second-order valence-electron chi connectivity index (χ2n) is 4.06. The molecule has 0 aliphatic heterocycles. The van der Waals surface area contributed by atoms with Gasteiger partial charge in [0.2, 0.25) is 0 Å². The van der Waals surface area contributed by atoms with Crippen molar-refractivity contribution in [3.8, 4) is 11.5 Å². The summed E-state index contributed by atoms with van der Waals surface area (Å²) in [6.45, 7) is 0.850. The Balaban J connectivity index is 1.83. The molecule has 0 fully saturated rings. The number of fused-ring (bicyclic) bond motifs is 1. The van der Waals surface area contributed by atoms with Crippen LogP contribution in [0.4, 0.5) is 0 Å². The van der Waals surface area contributed by atoms with E-state index in [0.29, 0.717) is 40.7 Å². The minimum Gasteiger partial charge on any atom is -0.493 e. The Bertz CT molecular complexity index is 749. The van der Waals surface area contributed by atoms with E-state index in [2.05, 4.69) is 25.4 Å². The van der Waals surface area contributed by atoms with Crippen LogP contribution in [0.1, 0.15) is 0 Å². The zero-order valence-electron chi connectivity index (χ0n) is 11.1. The summed E-state index contributed by atoms with van der Waals surface area (Å²) >= 11 is 6.04. The standard InChI is InChI=1S/C12H11ClN6O2/c1-20-10-4-8-9(14-6-15-12(8)13)5-11(10)21-3-2-19-17-7-16-18-19/h4-7H,2-3H2,1H3. The van der Waals surface area contributed by atoms with Crippen molar-refractivity contribution >= 4 is 22.5 Å². The predicted octanol–water partition coefficient (Wildman–Crippen LogP) is 1.36. The SMILES string of the molecule is COc1cc2c(Cl)ncnc2cc1OCCn1ncnn1. The van der Waals surface area contributed by atoms with E-state index in [-0.39, 0.29) is 0 Å². The Morgan fingerprint density at radius 2 is 2.10 bits per heavy atom. The van der Waals surface area contributed by atoms with E-state index in [9.17, 15) is 0 Å². The van der Waals surface area contributed by atoms with Crippen LogP contribution < -0.4 is 9.47 Å². The van der Waals surface area contributed by atoms with Crippen LogP contribution in [0.15, 0.2) is 24.8 Å². The van der Waals surface area contributed by atoms with Crippen molar-refractivity contribution in [1.29, 1.82) is 0 Å². The van der Waals surface area contributed by atoms with Crippen LogP contribution in [0.25, 0.3) is 10.9 Å². The molecule has 21 heavy (non-hydrogen) atoms. The quantitative estimate of drug-likeness (QED) is 0.657. The van der Waals surface area contributed by atoms with E-state index in [1.807, 2.05) is 0 Å². The lowest BCUT2D eigenvalue weighted by Gasteiger charge is -2.11. The van der Waals surface area contributed by atoms with E-state index in [1.54, 1.807) is 19.2 Å². The van der Waals surface area contributed by atoms with Crippen LogP contribution in [0.3, 0.4) is 0 Å². The number of nitrogens with zero attached hydrogens (tertiary/aromatic N) is 6. The number of hydrogen-bond donors (Lipinski definition) is 0. The van der Waals surface area contributed by atoms with Crippen LogP contribution in [0, 0.1) is 0 Å². The van der Waals surface area contributed by atoms with E-state index in [1.165, 1.54) is 17.5 Å². The molecule has 8 nitrogen and oxygen atoms in total. The van der Waals surface area contributed by atoms with Crippen LogP contribution >= 0.6 is 11.6 Å². The highest BCUT2D eigenvalue weighted by atomic mass is 35.5. The molecule has 0 radical (unpaired) electrons. The molecule has 0 aliphatic carbocycles. The Morgan fingerprint density at radius 3 is 2.86 bits per heavy atom. The number of aromatic nitrogens is 6. The van der Waals surface area contributed by atoms with Gasteiger partial charge in [-0.1, -0.05) is 11.6 Å². The van der Waals surface area contributed by atoms with Gasteiger partial charge < -0.3 is 9.47 Å². The topological polar surface area (TPSA) is 87.8 Å². The van der Waals surface area contributed by atoms with E-state index in [4.69, 9.17) is 21.1 Å². The third-order valence-corrected chi connectivity index (χ3v) is 3.11. The predicted molar refractivity (Wildman–Crippen MR) is 74.4 cm³/mol. The molecule has 0 bridgehead atoms. The minimum absolute atomic E-state index is 0.372. The highest BCUT2D eigenvalue weighted by Gasteiger charge is 2.10. The largest absolute Gasteiger partial charge is 0.493 e. The fourth-order valence-electron chi connectivity index (χ4n) is 1.83. The first kappa shape index (κ1) is 13.5. The number of hydrogen-bond acceptors (Lipinski definition) is 7. The molecule has 9 heteroatoms. The van der Waals surface area contributed by atoms with Gasteiger partial charge in [-0.15, -0.1) is 10.2 Å². The molecule has 0 aliphatic rings. The van der Waals surface area contributed by atoms with Crippen molar-refractivity contribution in [2.75, 3.05) is 13.7 Å². The van der Waals surface area contributed by atoms with E-state index >= 15 is 0 Å². The van der Waals surface area contributed by atoms with Crippen LogP contribution in [0.5, 0.6) is 11.5 Å². The highest BCUT2D eigenvalue weighted by molar-refractivity contribution is 6.34. The van der Waals surface area contributed by atoms with Crippen molar-refractivity contribution < 1.29 is 9.47 Å². The molecular formula is C12H11ClN6O2. The van der Waals surface area contributed by atoms with Gasteiger partial charge in [-0.2, -0.15) is 4.80 Å². The summed E-state index contributed by atoms with van der Waals surface area (Å²) in [5, 5.41) is 12.4. The second kappa shape index (κ2) is 5.88. The first-order chi connectivity index (χ1) is 10.3. The third kappa shape index (κ3) is 2.84. The first-order valence-electron chi connectivity index (χ1n) is 6.10. The molecule has 2 heterocycles. The van der Waals surface area contributed by atoms with Gasteiger partial charge in [-0.05, 0) is 11.3 Å². The zero-order chi connectivity index (χ0) is 14.7. The molecule has 1 aromatic carbocycles. The van der Waals surface area contributed by atoms with Gasteiger partial charge in [0, 0.05) is 11.5 Å². The van der Waals surface area contributed by atoms with Crippen molar-refractivity contribution in [2.24, 2.45) is 0 Å². The van der Waals surface area contributed by atoms with Crippen LogP contribution in [-0.4, -0.2) is 43.9 Å². The highest BCUT2D eigenvalue weighted by Crippen LogP contribution is 2.33. The Morgan fingerprint density at radius 1 is 1.19 bits per heavy atom. The lowest BCUT2D eigenvalue weighted by Crippen LogP contribution is -2.11. The Kier molecular flexibility index (Phi) is 3.78. The molecule has 0 saturated heterocycles. The molecule has 0 atom stereocenters. The molecule has 0 amide bonds. The monoisotopic (exact) mass is 306 g/mol. The lowest BCUT2D eigenvalue weighted by atomic mass is 10.2. The molecular weight excluding hydrogens is 296 g/mol. The van der Waals surface area contributed by atoms with E-state index in [0.717, 1.165) is 0 Å². The second-order valence-corrected chi connectivity index (χ2v) is 4.42. The van der Waals surface area contributed by atoms with Gasteiger partial charge in [0.15, 0.2) is 17.8 Å². The van der Waals surface area contributed by atoms with Crippen molar-refractivity contribution in [2.45, 2.75) is 6.54 Å². The molecule has 0 N–H and O–H groups in total. The maximum Gasteiger partial charge on any atom is 0.163 e. The molecule has 0 saturated carbocycles. The Labute approximate surface area is 124 Å². The average molecular weight is 307 g/mol. The maximum atomic E-state index is 6.04. The number of rotatable bonds is 5. The van der Waals surface area contributed by atoms with Crippen LogP contribution in [0.2, 0.25) is 5.15 Å². The normalized spacial score (nSPS) is 10.8. The van der Waals surface area contributed by atoms with Gasteiger partial charge in [0.25, 0.3) is 0 Å². The van der Waals surface area contributed by atoms with Gasteiger partial charge >= 0.3 is 0 Å². The van der Waals surface area contributed by atoms with Gasteiger partial charge in [-0.25, -0.2) is 9.97 Å². The summed E-state index contributed by atoms with van der Waals surface area (Å²) in [6.07, 6.45) is 2.77. The van der Waals surface area contributed by atoms with Gasteiger partial charge in [0.1, 0.15) is 18.1 Å². The fraction of sp³-hybridized carbons (Fsp3) is 0.250. The number of ether oxygens (including phenoxy) is 2. The van der Waals surface area contributed by atoms with Crippen LogP contribution in [-0.2, 0) is 6.54 Å². The summed E-state index contributed by atoms with van der Waals surface area (Å²) < 4.78 is 11.0. The molecule has 108 valence electrons. The number of benzene rings is 1. The third-order valence-electron chi connectivity index (χ3n) is 2.81. The molecule has 3 rings (SSSR count). The summed E-state index contributed by atoms with van der Waals surface area (Å²) in [4.78, 5) is 9.54. The summed E-state index contributed by atoms with van der Waals surface area (Å²) in [7, 11) is 1.56. The maximum absolute atomic E-state index is 6.04. The number of tetrazole rings is 1. The summed E-state index contributed by atoms with van der Waals surface area (Å²) in [5.41, 5.74) is 0.685. The molecule has 3 aromatic rings. The van der Waals surface area contributed by atoms with Gasteiger partial charge in [0.05, 0.1) is 19.2 Å². The zero-order valence-corrected chi connectivity index (χ0v) is 11.9. The van der Waals surface area contributed by atoms with Gasteiger partial charge in [-0.3, -0.25) is 0 Å². The molecule has 2 aromatic heterocycles. The Hall–Kier alpha value is -2.48. The number of halogens is 1.